The van der Waals surface area contributed by atoms with Gasteiger partial charge >= 0.3 is 0 Å². The first-order valence-electron chi connectivity index (χ1n) is 6.18. The molecule has 14 heavy (non-hydrogen) atoms. The fourth-order valence-corrected chi connectivity index (χ4v) is 3.44. The average molecular weight is 195 g/mol. The van der Waals surface area contributed by atoms with Crippen molar-refractivity contribution < 1.29 is 0 Å². The zero-order valence-electron chi connectivity index (χ0n) is 9.97. The van der Waals surface area contributed by atoms with E-state index < -0.39 is 0 Å². The van der Waals surface area contributed by atoms with Crippen LogP contribution in [-0.2, 0) is 0 Å². The Labute approximate surface area is 88.4 Å². The third-order valence-corrected chi connectivity index (χ3v) is 4.85. The summed E-state index contributed by atoms with van der Waals surface area (Å²) in [6, 6.07) is 0. The van der Waals surface area contributed by atoms with Crippen LogP contribution in [0.25, 0.3) is 0 Å². The van der Waals surface area contributed by atoms with Crippen LogP contribution < -0.4 is 5.73 Å². The molecule has 0 heterocycles. The molecule has 2 fully saturated rings. The molecule has 2 rings (SSSR count). The Morgan fingerprint density at radius 3 is 2.14 bits per heavy atom. The van der Waals surface area contributed by atoms with Crippen LogP contribution in [-0.4, -0.2) is 6.54 Å². The van der Waals surface area contributed by atoms with Gasteiger partial charge in [-0.1, -0.05) is 20.8 Å². The predicted octanol–water partition coefficient (Wildman–Crippen LogP) is 3.19. The SMILES string of the molecule is CC(C)(C)C1CCC2(CC1)CC2CN. The molecule has 2 aliphatic carbocycles. The summed E-state index contributed by atoms with van der Waals surface area (Å²) >= 11 is 0. The van der Waals surface area contributed by atoms with Gasteiger partial charge in [0.05, 0.1) is 0 Å². The smallest absolute Gasteiger partial charge is 0.00433 e. The van der Waals surface area contributed by atoms with Crippen LogP contribution in [0.15, 0.2) is 0 Å². The monoisotopic (exact) mass is 195 g/mol. The Hall–Kier alpha value is -0.0400. The molecule has 2 N–H and O–H groups in total. The van der Waals surface area contributed by atoms with Crippen molar-refractivity contribution in [2.75, 3.05) is 6.54 Å². The minimum atomic E-state index is 0.523. The van der Waals surface area contributed by atoms with Crippen LogP contribution in [0.5, 0.6) is 0 Å². The third kappa shape index (κ3) is 1.71. The van der Waals surface area contributed by atoms with E-state index in [2.05, 4.69) is 20.8 Å². The summed E-state index contributed by atoms with van der Waals surface area (Å²) in [5.74, 6) is 1.83. The Morgan fingerprint density at radius 2 is 1.79 bits per heavy atom. The summed E-state index contributed by atoms with van der Waals surface area (Å²) in [7, 11) is 0. The van der Waals surface area contributed by atoms with Gasteiger partial charge in [0.15, 0.2) is 0 Å². The maximum Gasteiger partial charge on any atom is -0.00433 e. The normalized spacial score (nSPS) is 42.9. The second-order valence-electron chi connectivity index (χ2n) is 6.64. The lowest BCUT2D eigenvalue weighted by Gasteiger charge is -2.37. The summed E-state index contributed by atoms with van der Waals surface area (Å²) in [5.41, 5.74) is 7.00. The highest BCUT2D eigenvalue weighted by Gasteiger charge is 2.54. The molecule has 1 unspecified atom stereocenters. The van der Waals surface area contributed by atoms with Crippen molar-refractivity contribution in [1.82, 2.24) is 0 Å². The fraction of sp³-hybridized carbons (Fsp3) is 1.00. The topological polar surface area (TPSA) is 26.0 Å². The zero-order chi connectivity index (χ0) is 10.4. The first-order chi connectivity index (χ1) is 6.48. The summed E-state index contributed by atoms with van der Waals surface area (Å²) in [4.78, 5) is 0. The largest absolute Gasteiger partial charge is 0.330 e. The molecular weight excluding hydrogens is 170 g/mol. The highest BCUT2D eigenvalue weighted by Crippen LogP contribution is 2.62. The van der Waals surface area contributed by atoms with Crippen molar-refractivity contribution in [2.24, 2.45) is 28.4 Å². The Morgan fingerprint density at radius 1 is 1.21 bits per heavy atom. The van der Waals surface area contributed by atoms with Crippen LogP contribution in [0.1, 0.15) is 52.9 Å². The summed E-state index contributed by atoms with van der Waals surface area (Å²) in [5, 5.41) is 0. The van der Waals surface area contributed by atoms with Crippen LogP contribution in [0.2, 0.25) is 0 Å². The molecule has 0 amide bonds. The first kappa shape index (κ1) is 10.5. The summed E-state index contributed by atoms with van der Waals surface area (Å²) in [6.07, 6.45) is 7.23. The molecule has 0 saturated heterocycles. The summed E-state index contributed by atoms with van der Waals surface area (Å²) in [6.45, 7) is 8.11. The van der Waals surface area contributed by atoms with Crippen molar-refractivity contribution in [3.8, 4) is 0 Å². The van der Waals surface area contributed by atoms with Crippen LogP contribution in [0.4, 0.5) is 0 Å². The minimum Gasteiger partial charge on any atom is -0.330 e. The van der Waals surface area contributed by atoms with Crippen molar-refractivity contribution in [1.29, 1.82) is 0 Å². The zero-order valence-corrected chi connectivity index (χ0v) is 9.97. The van der Waals surface area contributed by atoms with Crippen LogP contribution >= 0.6 is 0 Å². The molecule has 1 spiro atoms. The van der Waals surface area contributed by atoms with Gasteiger partial charge in [0.2, 0.25) is 0 Å². The first-order valence-corrected chi connectivity index (χ1v) is 6.18. The predicted molar refractivity (Wildman–Crippen MR) is 61.0 cm³/mol. The van der Waals surface area contributed by atoms with E-state index in [4.69, 9.17) is 5.73 Å². The lowest BCUT2D eigenvalue weighted by atomic mass is 9.68. The molecule has 1 heteroatoms. The molecule has 0 aromatic heterocycles. The van der Waals surface area contributed by atoms with Crippen LogP contribution in [0.3, 0.4) is 0 Å². The lowest BCUT2D eigenvalue weighted by molar-refractivity contribution is 0.135. The molecule has 1 nitrogen and oxygen atoms in total. The van der Waals surface area contributed by atoms with E-state index >= 15 is 0 Å². The molecule has 0 aliphatic heterocycles. The van der Waals surface area contributed by atoms with Crippen molar-refractivity contribution in [3.05, 3.63) is 0 Å². The van der Waals surface area contributed by atoms with Gasteiger partial charge in [-0.05, 0) is 61.3 Å². The highest BCUT2D eigenvalue weighted by atomic mass is 14.7. The second kappa shape index (κ2) is 3.23. The quantitative estimate of drug-likeness (QED) is 0.683. The lowest BCUT2D eigenvalue weighted by Crippen LogP contribution is -2.27. The molecule has 0 radical (unpaired) electrons. The molecule has 0 aromatic carbocycles. The van der Waals surface area contributed by atoms with Gasteiger partial charge in [-0.15, -0.1) is 0 Å². The Bertz CT molecular complexity index is 206. The third-order valence-electron chi connectivity index (χ3n) is 4.85. The van der Waals surface area contributed by atoms with E-state index in [0.717, 1.165) is 23.8 Å². The molecule has 82 valence electrons. The van der Waals surface area contributed by atoms with Crippen molar-refractivity contribution in [3.63, 3.8) is 0 Å². The molecular formula is C13H25N. The van der Waals surface area contributed by atoms with Gasteiger partial charge in [0.25, 0.3) is 0 Å². The van der Waals surface area contributed by atoms with E-state index in [9.17, 15) is 0 Å². The molecule has 2 aliphatic rings. The van der Waals surface area contributed by atoms with E-state index in [1.807, 2.05) is 0 Å². The number of hydrogen-bond donors (Lipinski definition) is 1. The average Bonchev–Trinajstić information content (AvgIpc) is 2.78. The van der Waals surface area contributed by atoms with Crippen molar-refractivity contribution in [2.45, 2.75) is 52.9 Å². The molecule has 2 saturated carbocycles. The summed E-state index contributed by atoms with van der Waals surface area (Å²) < 4.78 is 0. The molecule has 0 aromatic rings. The van der Waals surface area contributed by atoms with Gasteiger partial charge in [-0.25, -0.2) is 0 Å². The standard InChI is InChI=1S/C13H25N/c1-12(2,3)10-4-6-13(7-5-10)8-11(13)9-14/h10-11H,4-9,14H2,1-3H3. The van der Waals surface area contributed by atoms with Gasteiger partial charge in [-0.3, -0.25) is 0 Å². The number of nitrogens with two attached hydrogens (primary N) is 1. The second-order valence-corrected chi connectivity index (χ2v) is 6.64. The van der Waals surface area contributed by atoms with E-state index in [1.54, 1.807) is 0 Å². The molecule has 1 atom stereocenters. The van der Waals surface area contributed by atoms with Gasteiger partial charge in [-0.2, -0.15) is 0 Å². The minimum absolute atomic E-state index is 0.523. The van der Waals surface area contributed by atoms with Gasteiger partial charge in [0, 0.05) is 0 Å². The molecule has 0 bridgehead atoms. The van der Waals surface area contributed by atoms with E-state index in [1.165, 1.54) is 32.1 Å². The van der Waals surface area contributed by atoms with E-state index in [0.29, 0.717) is 5.41 Å². The fourth-order valence-electron chi connectivity index (χ4n) is 3.44. The maximum atomic E-state index is 5.76. The number of rotatable bonds is 1. The van der Waals surface area contributed by atoms with Gasteiger partial charge < -0.3 is 5.73 Å². The maximum absolute atomic E-state index is 5.76. The van der Waals surface area contributed by atoms with Gasteiger partial charge in [0.1, 0.15) is 0 Å². The van der Waals surface area contributed by atoms with Crippen molar-refractivity contribution >= 4 is 0 Å². The Kier molecular flexibility index (Phi) is 2.42. The Balaban J connectivity index is 1.88. The van der Waals surface area contributed by atoms with E-state index in [-0.39, 0.29) is 0 Å². The van der Waals surface area contributed by atoms with Crippen LogP contribution in [0, 0.1) is 22.7 Å². The highest BCUT2D eigenvalue weighted by molar-refractivity contribution is 5.05. The number of hydrogen-bond acceptors (Lipinski definition) is 1.